The van der Waals surface area contributed by atoms with Crippen LogP contribution in [0.1, 0.15) is 32.2 Å². The van der Waals surface area contributed by atoms with Gasteiger partial charge in [0.05, 0.1) is 0 Å². The zero-order chi connectivity index (χ0) is 12.1. The van der Waals surface area contributed by atoms with Gasteiger partial charge in [-0.1, -0.05) is 6.92 Å². The predicted molar refractivity (Wildman–Crippen MR) is 69.3 cm³/mol. The second-order valence-electron chi connectivity index (χ2n) is 3.71. The fourth-order valence-electron chi connectivity index (χ4n) is 1.78. The number of anilines is 2. The summed E-state index contributed by atoms with van der Waals surface area (Å²) in [4.78, 5) is 11.3. The molecule has 4 heteroatoms. The molecule has 0 atom stereocenters. The Balaban J connectivity index is 3.24. The number of nitrogens with zero attached hydrogens (tertiary/aromatic N) is 3. The summed E-state index contributed by atoms with van der Waals surface area (Å²) in [6.07, 6.45) is 0.864. The van der Waals surface area contributed by atoms with Crippen LogP contribution in [0.5, 0.6) is 0 Å². The highest BCUT2D eigenvalue weighted by atomic mass is 15.2. The first kappa shape index (κ1) is 12.7. The van der Waals surface area contributed by atoms with Crippen LogP contribution in [-0.4, -0.2) is 30.1 Å². The van der Waals surface area contributed by atoms with Crippen LogP contribution < -0.4 is 10.2 Å². The molecule has 1 rings (SSSR count). The molecule has 1 N–H and O–H groups in total. The van der Waals surface area contributed by atoms with Crippen LogP contribution in [-0.2, 0) is 6.42 Å². The van der Waals surface area contributed by atoms with E-state index in [4.69, 9.17) is 0 Å². The van der Waals surface area contributed by atoms with Gasteiger partial charge >= 0.3 is 0 Å². The minimum absolute atomic E-state index is 0.864. The number of hydrogen-bond donors (Lipinski definition) is 1. The molecule has 0 spiro atoms. The zero-order valence-corrected chi connectivity index (χ0v) is 11.0. The Morgan fingerprint density at radius 3 is 2.19 bits per heavy atom. The first-order chi connectivity index (χ1) is 7.67. The van der Waals surface area contributed by atoms with Crippen LogP contribution in [0.3, 0.4) is 0 Å². The summed E-state index contributed by atoms with van der Waals surface area (Å²) in [6, 6.07) is 0. The molecule has 0 aliphatic heterocycles. The molecule has 1 heterocycles. The Kier molecular flexibility index (Phi) is 4.52. The summed E-state index contributed by atoms with van der Waals surface area (Å²) in [7, 11) is 1.90. The maximum absolute atomic E-state index is 4.62. The normalized spacial score (nSPS) is 10.3. The van der Waals surface area contributed by atoms with Crippen LogP contribution in [0.2, 0.25) is 0 Å². The molecule has 4 nitrogen and oxygen atoms in total. The van der Waals surface area contributed by atoms with Crippen LogP contribution in [0.4, 0.5) is 11.6 Å². The van der Waals surface area contributed by atoms with Crippen LogP contribution in [0.15, 0.2) is 0 Å². The Morgan fingerprint density at radius 1 is 1.12 bits per heavy atom. The van der Waals surface area contributed by atoms with Gasteiger partial charge in [0.25, 0.3) is 0 Å². The van der Waals surface area contributed by atoms with E-state index in [1.54, 1.807) is 0 Å². The predicted octanol–water partition coefficient (Wildman–Crippen LogP) is 2.24. The number of hydrogen-bond acceptors (Lipinski definition) is 4. The quantitative estimate of drug-likeness (QED) is 0.829. The zero-order valence-electron chi connectivity index (χ0n) is 11.0. The van der Waals surface area contributed by atoms with E-state index in [1.807, 2.05) is 7.05 Å². The maximum atomic E-state index is 4.62. The SMILES string of the molecule is CCc1nc(NC)c(C)c(N(CC)CC)n1. The van der Waals surface area contributed by atoms with E-state index < -0.39 is 0 Å². The van der Waals surface area contributed by atoms with Crippen molar-refractivity contribution in [2.24, 2.45) is 0 Å². The number of rotatable bonds is 5. The average molecular weight is 222 g/mol. The van der Waals surface area contributed by atoms with Gasteiger partial charge in [-0.3, -0.25) is 0 Å². The van der Waals surface area contributed by atoms with Crippen LogP contribution in [0, 0.1) is 6.92 Å². The summed E-state index contributed by atoms with van der Waals surface area (Å²) in [5.74, 6) is 2.90. The van der Waals surface area contributed by atoms with Gasteiger partial charge in [0.2, 0.25) is 0 Å². The van der Waals surface area contributed by atoms with Gasteiger partial charge in [-0.25, -0.2) is 9.97 Å². The summed E-state index contributed by atoms with van der Waals surface area (Å²) < 4.78 is 0. The van der Waals surface area contributed by atoms with Gasteiger partial charge in [-0.05, 0) is 20.8 Å². The van der Waals surface area contributed by atoms with Crippen molar-refractivity contribution < 1.29 is 0 Å². The second kappa shape index (κ2) is 5.68. The first-order valence-electron chi connectivity index (χ1n) is 5.98. The summed E-state index contributed by atoms with van der Waals surface area (Å²) >= 11 is 0. The van der Waals surface area contributed by atoms with Gasteiger partial charge in [0.1, 0.15) is 17.5 Å². The maximum Gasteiger partial charge on any atom is 0.137 e. The average Bonchev–Trinajstić information content (AvgIpc) is 2.32. The third-order valence-electron chi connectivity index (χ3n) is 2.78. The molecule has 0 saturated heterocycles. The van der Waals surface area contributed by atoms with Gasteiger partial charge in [0.15, 0.2) is 0 Å². The minimum atomic E-state index is 0.864. The molecule has 0 saturated carbocycles. The van der Waals surface area contributed by atoms with Crippen molar-refractivity contribution in [3.05, 3.63) is 11.4 Å². The molecule has 1 aromatic heterocycles. The van der Waals surface area contributed by atoms with Crippen molar-refractivity contribution in [2.75, 3.05) is 30.4 Å². The lowest BCUT2D eigenvalue weighted by Crippen LogP contribution is -2.25. The van der Waals surface area contributed by atoms with E-state index in [-0.39, 0.29) is 0 Å². The van der Waals surface area contributed by atoms with Crippen molar-refractivity contribution in [3.8, 4) is 0 Å². The van der Waals surface area contributed by atoms with Gasteiger partial charge in [0, 0.05) is 32.1 Å². The number of aromatic nitrogens is 2. The summed E-state index contributed by atoms with van der Waals surface area (Å²) in [6.45, 7) is 10.4. The smallest absolute Gasteiger partial charge is 0.137 e. The van der Waals surface area contributed by atoms with Crippen molar-refractivity contribution in [2.45, 2.75) is 34.1 Å². The van der Waals surface area contributed by atoms with Crippen molar-refractivity contribution in [1.29, 1.82) is 0 Å². The van der Waals surface area contributed by atoms with E-state index in [2.05, 4.69) is 47.9 Å². The van der Waals surface area contributed by atoms with Crippen molar-refractivity contribution >= 4 is 11.6 Å². The third kappa shape index (κ3) is 2.43. The second-order valence-corrected chi connectivity index (χ2v) is 3.71. The molecular formula is C12H22N4. The lowest BCUT2D eigenvalue weighted by molar-refractivity contribution is 0.816. The minimum Gasteiger partial charge on any atom is -0.373 e. The molecule has 0 fully saturated rings. The Bertz CT molecular complexity index is 345. The molecule has 0 radical (unpaired) electrons. The lowest BCUT2D eigenvalue weighted by atomic mass is 10.2. The number of aryl methyl sites for hydroxylation is 1. The Labute approximate surface area is 98.1 Å². The van der Waals surface area contributed by atoms with E-state index in [0.717, 1.165) is 42.5 Å². The Morgan fingerprint density at radius 2 is 1.75 bits per heavy atom. The Hall–Kier alpha value is -1.32. The van der Waals surface area contributed by atoms with E-state index in [9.17, 15) is 0 Å². The van der Waals surface area contributed by atoms with E-state index in [0.29, 0.717) is 0 Å². The van der Waals surface area contributed by atoms with Crippen LogP contribution >= 0.6 is 0 Å². The summed E-state index contributed by atoms with van der Waals surface area (Å²) in [5, 5.41) is 3.14. The standard InChI is InChI=1S/C12H22N4/c1-6-10-14-11(13-5)9(4)12(15-10)16(7-2)8-3/h6-8H2,1-5H3,(H,13,14,15). The molecule has 0 amide bonds. The molecule has 16 heavy (non-hydrogen) atoms. The molecular weight excluding hydrogens is 200 g/mol. The highest BCUT2D eigenvalue weighted by Gasteiger charge is 2.13. The molecule has 0 aromatic carbocycles. The van der Waals surface area contributed by atoms with Crippen LogP contribution in [0.25, 0.3) is 0 Å². The van der Waals surface area contributed by atoms with Crippen molar-refractivity contribution in [3.63, 3.8) is 0 Å². The van der Waals surface area contributed by atoms with Crippen molar-refractivity contribution in [1.82, 2.24) is 9.97 Å². The van der Waals surface area contributed by atoms with Gasteiger partial charge in [-0.15, -0.1) is 0 Å². The highest BCUT2D eigenvalue weighted by molar-refractivity contribution is 5.58. The number of nitrogens with one attached hydrogen (secondary N) is 1. The van der Waals surface area contributed by atoms with E-state index in [1.165, 1.54) is 0 Å². The molecule has 0 aliphatic carbocycles. The topological polar surface area (TPSA) is 41.1 Å². The lowest BCUT2D eigenvalue weighted by Gasteiger charge is -2.23. The van der Waals surface area contributed by atoms with E-state index >= 15 is 0 Å². The van der Waals surface area contributed by atoms with Gasteiger partial charge < -0.3 is 10.2 Å². The monoisotopic (exact) mass is 222 g/mol. The summed E-state index contributed by atoms with van der Waals surface area (Å²) in [5.41, 5.74) is 1.13. The fourth-order valence-corrected chi connectivity index (χ4v) is 1.78. The first-order valence-corrected chi connectivity index (χ1v) is 5.98. The van der Waals surface area contributed by atoms with Gasteiger partial charge in [-0.2, -0.15) is 0 Å². The molecule has 0 aliphatic rings. The highest BCUT2D eigenvalue weighted by Crippen LogP contribution is 2.23. The molecule has 90 valence electrons. The largest absolute Gasteiger partial charge is 0.373 e. The fraction of sp³-hybridized carbons (Fsp3) is 0.667. The third-order valence-corrected chi connectivity index (χ3v) is 2.78. The molecule has 1 aromatic rings. The molecule has 0 unspecified atom stereocenters. The molecule has 0 bridgehead atoms.